The molecule has 0 spiro atoms. The average Bonchev–Trinajstić information content (AvgIpc) is 2.85. The van der Waals surface area contributed by atoms with E-state index in [2.05, 4.69) is 25.9 Å². The number of carbonyl (C=O) groups excluding carboxylic acids is 1. The van der Waals surface area contributed by atoms with Crippen LogP contribution in [0, 0.1) is 5.82 Å². The third-order valence-electron chi connectivity index (χ3n) is 3.43. The van der Waals surface area contributed by atoms with E-state index in [9.17, 15) is 17.6 Å². The van der Waals surface area contributed by atoms with Crippen molar-refractivity contribution < 1.29 is 17.6 Å². The molecule has 0 radical (unpaired) electrons. The van der Waals surface area contributed by atoms with Crippen LogP contribution in [0.5, 0.6) is 0 Å². The SMILES string of the molecule is CS(=O)(=O)CC(=O)c1[nH]c2cc(F)c(Br)cc2c1-c1ccccn1. The summed E-state index contributed by atoms with van der Waals surface area (Å²) in [4.78, 5) is 19.5. The number of aromatic nitrogens is 2. The molecule has 0 aliphatic rings. The second-order valence-electron chi connectivity index (χ2n) is 5.40. The van der Waals surface area contributed by atoms with Gasteiger partial charge in [-0.2, -0.15) is 0 Å². The lowest BCUT2D eigenvalue weighted by atomic mass is 10.0. The Balaban J connectivity index is 2.30. The average molecular weight is 411 g/mol. The quantitative estimate of drug-likeness (QED) is 0.668. The van der Waals surface area contributed by atoms with Gasteiger partial charge in [0.1, 0.15) is 11.6 Å². The zero-order valence-corrected chi connectivity index (χ0v) is 14.9. The largest absolute Gasteiger partial charge is 0.351 e. The number of halogens is 2. The maximum absolute atomic E-state index is 13.8. The molecule has 1 N–H and O–H groups in total. The molecule has 0 unspecified atom stereocenters. The summed E-state index contributed by atoms with van der Waals surface area (Å²) in [6.45, 7) is 0. The molecule has 0 amide bonds. The summed E-state index contributed by atoms with van der Waals surface area (Å²) in [7, 11) is -3.50. The van der Waals surface area contributed by atoms with Gasteiger partial charge in [0.25, 0.3) is 0 Å². The molecule has 2 heterocycles. The minimum absolute atomic E-state index is 0.103. The van der Waals surface area contributed by atoms with Crippen molar-refractivity contribution in [2.24, 2.45) is 0 Å². The van der Waals surface area contributed by atoms with Gasteiger partial charge >= 0.3 is 0 Å². The Labute approximate surface area is 146 Å². The van der Waals surface area contributed by atoms with Gasteiger partial charge in [0, 0.05) is 28.9 Å². The predicted molar refractivity (Wildman–Crippen MR) is 93.2 cm³/mol. The third kappa shape index (κ3) is 3.25. The van der Waals surface area contributed by atoms with Gasteiger partial charge in [-0.3, -0.25) is 9.78 Å². The lowest BCUT2D eigenvalue weighted by Crippen LogP contribution is -2.15. The molecule has 0 aliphatic heterocycles. The summed E-state index contributed by atoms with van der Waals surface area (Å²) in [6.07, 6.45) is 2.56. The topological polar surface area (TPSA) is 79.9 Å². The van der Waals surface area contributed by atoms with Crippen molar-refractivity contribution in [3.63, 3.8) is 0 Å². The maximum atomic E-state index is 13.8. The van der Waals surface area contributed by atoms with E-state index in [1.807, 2.05) is 0 Å². The van der Waals surface area contributed by atoms with E-state index in [4.69, 9.17) is 0 Å². The number of hydrogen-bond donors (Lipinski definition) is 1. The van der Waals surface area contributed by atoms with Gasteiger partial charge in [-0.05, 0) is 40.2 Å². The number of benzene rings is 1. The number of Topliss-reactive ketones (excluding diaryl/α,β-unsaturated/α-hetero) is 1. The van der Waals surface area contributed by atoms with Crippen molar-refractivity contribution in [3.8, 4) is 11.3 Å². The number of fused-ring (bicyclic) bond motifs is 1. The minimum Gasteiger partial charge on any atom is -0.351 e. The van der Waals surface area contributed by atoms with Crippen LogP contribution in [0.4, 0.5) is 4.39 Å². The number of rotatable bonds is 4. The minimum atomic E-state index is -3.50. The van der Waals surface area contributed by atoms with Gasteiger partial charge < -0.3 is 4.98 Å². The Kier molecular flexibility index (Phi) is 4.27. The molecule has 0 saturated heterocycles. The standard InChI is InChI=1S/C16H12BrFN2O3S/c1-24(22,23)8-14(21)16-15(12-4-2-3-5-19-12)9-6-10(17)11(18)7-13(9)20-16/h2-7,20H,8H2,1H3. The van der Waals surface area contributed by atoms with Crippen molar-refractivity contribution in [3.05, 3.63) is 52.5 Å². The highest BCUT2D eigenvalue weighted by molar-refractivity contribution is 9.10. The van der Waals surface area contributed by atoms with E-state index in [0.29, 0.717) is 22.2 Å². The lowest BCUT2D eigenvalue weighted by Gasteiger charge is -2.04. The van der Waals surface area contributed by atoms with Crippen LogP contribution in [0.2, 0.25) is 0 Å². The number of H-pyrrole nitrogens is 1. The molecule has 0 saturated carbocycles. The highest BCUT2D eigenvalue weighted by Crippen LogP contribution is 2.34. The maximum Gasteiger partial charge on any atom is 0.194 e. The lowest BCUT2D eigenvalue weighted by molar-refractivity contribution is 0.101. The molecule has 0 fully saturated rings. The molecule has 0 bridgehead atoms. The normalized spacial score (nSPS) is 11.8. The van der Waals surface area contributed by atoms with Crippen molar-refractivity contribution in [2.45, 2.75) is 0 Å². The molecule has 0 aliphatic carbocycles. The van der Waals surface area contributed by atoms with Gasteiger partial charge in [0.15, 0.2) is 15.6 Å². The first-order chi connectivity index (χ1) is 11.3. The number of carbonyl (C=O) groups is 1. The summed E-state index contributed by atoms with van der Waals surface area (Å²) >= 11 is 3.13. The molecule has 3 aromatic rings. The molecule has 0 atom stereocenters. The first kappa shape index (κ1) is 16.8. The number of nitrogens with zero attached hydrogens (tertiary/aromatic N) is 1. The van der Waals surface area contributed by atoms with Crippen LogP contribution in [-0.4, -0.2) is 36.2 Å². The fourth-order valence-corrected chi connectivity index (χ4v) is 3.45. The highest BCUT2D eigenvalue weighted by atomic mass is 79.9. The van der Waals surface area contributed by atoms with Crippen molar-refractivity contribution in [1.29, 1.82) is 0 Å². The van der Waals surface area contributed by atoms with Crippen LogP contribution in [0.1, 0.15) is 10.5 Å². The monoisotopic (exact) mass is 410 g/mol. The van der Waals surface area contributed by atoms with Crippen LogP contribution in [0.25, 0.3) is 22.2 Å². The predicted octanol–water partition coefficient (Wildman–Crippen LogP) is 3.36. The van der Waals surface area contributed by atoms with Crippen molar-refractivity contribution in [1.82, 2.24) is 9.97 Å². The number of sulfone groups is 1. The zero-order chi connectivity index (χ0) is 17.5. The molecule has 124 valence electrons. The second kappa shape index (κ2) is 6.10. The highest BCUT2D eigenvalue weighted by Gasteiger charge is 2.23. The smallest absolute Gasteiger partial charge is 0.194 e. The molecule has 2 aromatic heterocycles. The molecular formula is C16H12BrFN2O3S. The molecular weight excluding hydrogens is 399 g/mol. The number of ketones is 1. The van der Waals surface area contributed by atoms with E-state index < -0.39 is 27.2 Å². The number of hydrogen-bond acceptors (Lipinski definition) is 4. The fourth-order valence-electron chi connectivity index (χ4n) is 2.49. The molecule has 24 heavy (non-hydrogen) atoms. The van der Waals surface area contributed by atoms with E-state index in [0.717, 1.165) is 6.26 Å². The number of nitrogens with one attached hydrogen (secondary N) is 1. The van der Waals surface area contributed by atoms with Gasteiger partial charge in [0.2, 0.25) is 0 Å². The van der Waals surface area contributed by atoms with Crippen molar-refractivity contribution in [2.75, 3.05) is 12.0 Å². The third-order valence-corrected chi connectivity index (χ3v) is 4.83. The van der Waals surface area contributed by atoms with Crippen LogP contribution in [0.3, 0.4) is 0 Å². The summed E-state index contributed by atoms with van der Waals surface area (Å²) in [5.74, 6) is -1.71. The van der Waals surface area contributed by atoms with E-state index in [1.54, 1.807) is 30.5 Å². The molecule has 5 nitrogen and oxygen atoms in total. The van der Waals surface area contributed by atoms with Gasteiger partial charge in [-0.25, -0.2) is 12.8 Å². The molecule has 1 aromatic carbocycles. The van der Waals surface area contributed by atoms with Crippen LogP contribution in [0.15, 0.2) is 41.0 Å². The Hall–Kier alpha value is -2.06. The number of pyridine rings is 1. The fraction of sp³-hybridized carbons (Fsp3) is 0.125. The summed E-state index contributed by atoms with van der Waals surface area (Å²) in [5.41, 5.74) is 1.46. The number of aromatic amines is 1. The molecule has 3 rings (SSSR count). The second-order valence-corrected chi connectivity index (χ2v) is 8.39. The van der Waals surface area contributed by atoms with Gasteiger partial charge in [0.05, 0.1) is 15.9 Å². The van der Waals surface area contributed by atoms with Crippen LogP contribution < -0.4 is 0 Å². The Morgan fingerprint density at radius 1 is 1.33 bits per heavy atom. The van der Waals surface area contributed by atoms with Crippen molar-refractivity contribution >= 4 is 42.5 Å². The Morgan fingerprint density at radius 3 is 2.71 bits per heavy atom. The Bertz CT molecular complexity index is 1050. The van der Waals surface area contributed by atoms with Crippen LogP contribution in [-0.2, 0) is 9.84 Å². The van der Waals surface area contributed by atoms with Crippen LogP contribution >= 0.6 is 15.9 Å². The van der Waals surface area contributed by atoms with E-state index >= 15 is 0 Å². The molecule has 8 heteroatoms. The summed E-state index contributed by atoms with van der Waals surface area (Å²) in [5, 5.41) is 0.582. The summed E-state index contributed by atoms with van der Waals surface area (Å²) < 4.78 is 37.0. The summed E-state index contributed by atoms with van der Waals surface area (Å²) in [6, 6.07) is 7.99. The zero-order valence-electron chi connectivity index (χ0n) is 12.5. The van der Waals surface area contributed by atoms with E-state index in [1.165, 1.54) is 6.07 Å². The Morgan fingerprint density at radius 2 is 2.08 bits per heavy atom. The van der Waals surface area contributed by atoms with Gasteiger partial charge in [-0.1, -0.05) is 6.07 Å². The first-order valence-electron chi connectivity index (χ1n) is 6.89. The van der Waals surface area contributed by atoms with E-state index in [-0.39, 0.29) is 10.2 Å². The van der Waals surface area contributed by atoms with Gasteiger partial charge in [-0.15, -0.1) is 0 Å². The first-order valence-corrected chi connectivity index (χ1v) is 9.74.